The van der Waals surface area contributed by atoms with E-state index in [4.69, 9.17) is 9.47 Å². The smallest absolute Gasteiger partial charge is 0.425 e. The molecular weight excluding hydrogens is 419 g/mol. The second kappa shape index (κ2) is 7.17. The van der Waals surface area contributed by atoms with E-state index < -0.39 is 11.1 Å². The van der Waals surface area contributed by atoms with Gasteiger partial charge in [-0.1, -0.05) is 6.07 Å². The predicted molar refractivity (Wildman–Crippen MR) is 104 cm³/mol. The van der Waals surface area contributed by atoms with Crippen molar-refractivity contribution in [1.82, 2.24) is 19.7 Å². The molecule has 0 spiro atoms. The predicted octanol–water partition coefficient (Wildman–Crippen LogP) is 4.28. The summed E-state index contributed by atoms with van der Waals surface area (Å²) in [5, 5.41) is 7.51. The molecule has 0 unspecified atom stereocenters. The number of anilines is 1. The zero-order valence-electron chi connectivity index (χ0n) is 15.3. The van der Waals surface area contributed by atoms with E-state index in [0.717, 1.165) is 11.6 Å². The second-order valence-corrected chi connectivity index (χ2v) is 7.51. The number of nitrogens with zero attached hydrogens (tertiary/aromatic N) is 4. The maximum atomic E-state index is 13.2. The number of hydrogen-bond acceptors (Lipinski definition) is 7. The lowest BCUT2D eigenvalue weighted by Crippen LogP contribution is -2.15. The molecular formula is C19H14F3N5O2S. The molecule has 5 rings (SSSR count). The van der Waals surface area contributed by atoms with E-state index in [1.54, 1.807) is 18.5 Å². The molecule has 1 aliphatic heterocycles. The van der Waals surface area contributed by atoms with E-state index in [-0.39, 0.29) is 10.8 Å². The zero-order valence-corrected chi connectivity index (χ0v) is 16.1. The van der Waals surface area contributed by atoms with Crippen molar-refractivity contribution in [1.29, 1.82) is 0 Å². The lowest BCUT2D eigenvalue weighted by molar-refractivity contribution is -0.134. The molecule has 1 N–H and O–H groups in total. The minimum absolute atomic E-state index is 0.188. The Balaban J connectivity index is 1.51. The van der Waals surface area contributed by atoms with Crippen molar-refractivity contribution in [3.05, 3.63) is 53.2 Å². The number of aromatic nitrogens is 4. The summed E-state index contributed by atoms with van der Waals surface area (Å²) in [5.41, 5.74) is 0.873. The average Bonchev–Trinajstić information content (AvgIpc) is 3.41. The van der Waals surface area contributed by atoms with Crippen molar-refractivity contribution in [2.75, 3.05) is 18.5 Å². The molecule has 154 valence electrons. The van der Waals surface area contributed by atoms with Gasteiger partial charge < -0.3 is 14.8 Å². The molecule has 0 amide bonds. The molecule has 0 radical (unpaired) electrons. The van der Waals surface area contributed by atoms with Crippen molar-refractivity contribution in [3.8, 4) is 17.4 Å². The fourth-order valence-electron chi connectivity index (χ4n) is 3.06. The van der Waals surface area contributed by atoms with Crippen molar-refractivity contribution in [3.63, 3.8) is 0 Å². The first kappa shape index (κ1) is 18.7. The van der Waals surface area contributed by atoms with Crippen LogP contribution in [0.3, 0.4) is 0 Å². The normalized spacial score (nSPS) is 13.6. The highest BCUT2D eigenvalue weighted by molar-refractivity contribution is 7.18. The van der Waals surface area contributed by atoms with E-state index >= 15 is 0 Å². The fourth-order valence-corrected chi connectivity index (χ4v) is 3.95. The summed E-state index contributed by atoms with van der Waals surface area (Å²) in [6.07, 6.45) is -1.28. The quantitative estimate of drug-likeness (QED) is 0.518. The van der Waals surface area contributed by atoms with Crippen LogP contribution in [0.25, 0.3) is 16.2 Å². The van der Waals surface area contributed by atoms with Crippen LogP contribution in [0.1, 0.15) is 10.4 Å². The molecule has 1 aromatic carbocycles. The maximum Gasteiger partial charge on any atom is 0.425 e. The molecule has 0 saturated heterocycles. The topological polar surface area (TPSA) is 74.1 Å². The summed E-state index contributed by atoms with van der Waals surface area (Å²) in [5.74, 6) is 1.79. The average molecular weight is 433 g/mol. The molecule has 0 aliphatic carbocycles. The third kappa shape index (κ3) is 3.52. The van der Waals surface area contributed by atoms with Gasteiger partial charge in [-0.25, -0.2) is 4.68 Å². The van der Waals surface area contributed by atoms with Gasteiger partial charge in [-0.3, -0.25) is 0 Å². The van der Waals surface area contributed by atoms with Crippen LogP contribution in [0, 0.1) is 0 Å². The molecule has 3 aromatic heterocycles. The molecule has 4 aromatic rings. The third-order valence-electron chi connectivity index (χ3n) is 4.44. The Labute approximate surface area is 172 Å². The highest BCUT2D eigenvalue weighted by Crippen LogP contribution is 2.39. The molecule has 0 atom stereocenters. The van der Waals surface area contributed by atoms with Gasteiger partial charge >= 0.3 is 6.18 Å². The summed E-state index contributed by atoms with van der Waals surface area (Å²) in [6, 6.07) is 8.26. The van der Waals surface area contributed by atoms with Crippen LogP contribution in [-0.4, -0.2) is 33.0 Å². The van der Waals surface area contributed by atoms with Crippen molar-refractivity contribution in [2.45, 2.75) is 12.7 Å². The Kier molecular flexibility index (Phi) is 4.46. The number of rotatable bonds is 4. The Hall–Kier alpha value is -3.34. The molecule has 30 heavy (non-hydrogen) atoms. The zero-order chi connectivity index (χ0) is 20.7. The van der Waals surface area contributed by atoms with Crippen LogP contribution in [-0.2, 0) is 12.7 Å². The van der Waals surface area contributed by atoms with Gasteiger partial charge in [-0.2, -0.15) is 28.2 Å². The minimum atomic E-state index is -4.45. The second-order valence-electron chi connectivity index (χ2n) is 6.48. The highest BCUT2D eigenvalue weighted by Gasteiger charge is 2.33. The molecule has 0 bridgehead atoms. The molecule has 0 saturated carbocycles. The maximum absolute atomic E-state index is 13.2. The van der Waals surface area contributed by atoms with E-state index in [2.05, 4.69) is 20.4 Å². The van der Waals surface area contributed by atoms with E-state index in [1.807, 2.05) is 18.2 Å². The Morgan fingerprint density at radius 2 is 1.93 bits per heavy atom. The van der Waals surface area contributed by atoms with Crippen LogP contribution in [0.4, 0.5) is 19.0 Å². The van der Waals surface area contributed by atoms with Crippen molar-refractivity contribution in [2.24, 2.45) is 0 Å². The molecule has 11 heteroatoms. The largest absolute Gasteiger partial charge is 0.486 e. The standard InChI is InChI=1S/C19H14F3N5O2S/c20-19(21,22)15-9-12-16(25-18(26-17(12)30-15)27-5-1-4-24-27)23-10-11-2-3-13-14(8-11)29-7-6-28-13/h1-5,8-9H,6-7,10H2,(H,23,25,26). The van der Waals surface area contributed by atoms with Crippen molar-refractivity contribution >= 4 is 27.4 Å². The number of benzene rings is 1. The number of fused-ring (bicyclic) bond motifs is 2. The summed E-state index contributed by atoms with van der Waals surface area (Å²) in [6.45, 7) is 1.30. The lowest BCUT2D eigenvalue weighted by Gasteiger charge is -2.19. The van der Waals surface area contributed by atoms with Crippen molar-refractivity contribution < 1.29 is 22.6 Å². The minimum Gasteiger partial charge on any atom is -0.486 e. The fraction of sp³-hybridized carbons (Fsp3) is 0.211. The SMILES string of the molecule is FC(F)(F)c1cc2c(NCc3ccc4c(c3)OCCO4)nc(-n3cccn3)nc2s1. The number of hydrogen-bond donors (Lipinski definition) is 1. The number of nitrogens with one attached hydrogen (secondary N) is 1. The molecule has 1 aliphatic rings. The Morgan fingerprint density at radius 3 is 2.70 bits per heavy atom. The van der Waals surface area contributed by atoms with Gasteiger partial charge in [-0.05, 0) is 29.8 Å². The Morgan fingerprint density at radius 1 is 1.10 bits per heavy atom. The molecule has 7 nitrogen and oxygen atoms in total. The monoisotopic (exact) mass is 433 g/mol. The van der Waals surface area contributed by atoms with E-state index in [0.29, 0.717) is 53.8 Å². The third-order valence-corrected chi connectivity index (χ3v) is 5.51. The van der Waals surface area contributed by atoms with Gasteiger partial charge in [0.1, 0.15) is 28.7 Å². The van der Waals surface area contributed by atoms with Gasteiger partial charge in [0.05, 0.1) is 5.39 Å². The van der Waals surface area contributed by atoms with Gasteiger partial charge in [0.25, 0.3) is 5.95 Å². The van der Waals surface area contributed by atoms with Crippen LogP contribution in [0.5, 0.6) is 11.5 Å². The first-order chi connectivity index (χ1) is 14.5. The number of thiophene rings is 1. The van der Waals surface area contributed by atoms with E-state index in [1.165, 1.54) is 4.68 Å². The molecule has 4 heterocycles. The lowest BCUT2D eigenvalue weighted by atomic mass is 10.2. The number of ether oxygens (including phenoxy) is 2. The Bertz CT molecular complexity index is 1210. The van der Waals surface area contributed by atoms with Gasteiger partial charge in [0, 0.05) is 18.9 Å². The first-order valence-electron chi connectivity index (χ1n) is 8.98. The number of alkyl halides is 3. The van der Waals surface area contributed by atoms with Crippen LogP contribution < -0.4 is 14.8 Å². The van der Waals surface area contributed by atoms with Crippen LogP contribution >= 0.6 is 11.3 Å². The highest BCUT2D eigenvalue weighted by atomic mass is 32.1. The first-order valence-corrected chi connectivity index (χ1v) is 9.80. The van der Waals surface area contributed by atoms with Gasteiger partial charge in [0.2, 0.25) is 0 Å². The van der Waals surface area contributed by atoms with Gasteiger partial charge in [-0.15, -0.1) is 11.3 Å². The van der Waals surface area contributed by atoms with Crippen LogP contribution in [0.15, 0.2) is 42.7 Å². The summed E-state index contributed by atoms with van der Waals surface area (Å²) < 4.78 is 52.2. The number of halogens is 3. The van der Waals surface area contributed by atoms with E-state index in [9.17, 15) is 13.2 Å². The molecule has 0 fully saturated rings. The summed E-state index contributed by atoms with van der Waals surface area (Å²) >= 11 is 0.576. The van der Waals surface area contributed by atoms with Crippen LogP contribution in [0.2, 0.25) is 0 Å². The van der Waals surface area contributed by atoms with Gasteiger partial charge in [0.15, 0.2) is 11.5 Å². The summed E-state index contributed by atoms with van der Waals surface area (Å²) in [4.78, 5) is 8.16. The summed E-state index contributed by atoms with van der Waals surface area (Å²) in [7, 11) is 0.